The van der Waals surface area contributed by atoms with Gasteiger partial charge in [0.2, 0.25) is 0 Å². The van der Waals surface area contributed by atoms with E-state index in [2.05, 4.69) is 0 Å². The molecule has 0 bridgehead atoms. The Morgan fingerprint density at radius 3 is 2.53 bits per heavy atom. The van der Waals surface area contributed by atoms with Crippen LogP contribution in [0.25, 0.3) is 10.4 Å². The van der Waals surface area contributed by atoms with Crippen LogP contribution in [0.15, 0.2) is 48.5 Å². The highest BCUT2D eigenvalue weighted by Gasteiger charge is 2.55. The maximum absolute atomic E-state index is 14.9. The number of aryl methyl sites for hydroxylation is 1. The van der Waals surface area contributed by atoms with Crippen LogP contribution in [-0.2, 0) is 23.2 Å². The van der Waals surface area contributed by atoms with Crippen LogP contribution in [0.3, 0.4) is 0 Å². The predicted molar refractivity (Wildman–Crippen MR) is 117 cm³/mol. The molecular weight excluding hydrogens is 434 g/mol. The van der Waals surface area contributed by atoms with Gasteiger partial charge < -0.3 is 20.1 Å². The minimum atomic E-state index is -1.34. The normalized spacial score (nSPS) is 29.4. The van der Waals surface area contributed by atoms with Crippen molar-refractivity contribution in [1.82, 2.24) is 0 Å². The molecule has 1 aliphatic carbocycles. The van der Waals surface area contributed by atoms with Gasteiger partial charge >= 0.3 is 0 Å². The first-order valence-electron chi connectivity index (χ1n) is 10.7. The zero-order valence-electron chi connectivity index (χ0n) is 17.5. The highest BCUT2D eigenvalue weighted by Crippen LogP contribution is 2.48. The summed E-state index contributed by atoms with van der Waals surface area (Å²) < 4.78 is 34.2. The lowest BCUT2D eigenvalue weighted by Crippen LogP contribution is -2.61. The Labute approximate surface area is 188 Å². The minimum Gasteiger partial charge on any atom is -0.388 e. The van der Waals surface area contributed by atoms with Crippen LogP contribution in [0.2, 0.25) is 0 Å². The van der Waals surface area contributed by atoms with Crippen LogP contribution in [0, 0.1) is 11.6 Å². The van der Waals surface area contributed by atoms with Gasteiger partial charge in [0, 0.05) is 16.2 Å². The summed E-state index contributed by atoms with van der Waals surface area (Å²) in [5.74, 6) is -0.616. The van der Waals surface area contributed by atoms with Gasteiger partial charge in [-0.1, -0.05) is 12.1 Å². The third-order valence-electron chi connectivity index (χ3n) is 6.68. The molecular formula is C25H24F2O4S. The lowest BCUT2D eigenvalue weighted by atomic mass is 9.80. The molecule has 2 heterocycles. The van der Waals surface area contributed by atoms with Crippen molar-refractivity contribution in [3.05, 3.63) is 81.7 Å². The van der Waals surface area contributed by atoms with E-state index in [9.17, 15) is 24.1 Å². The molecule has 2 aliphatic rings. The van der Waals surface area contributed by atoms with E-state index in [1.807, 2.05) is 12.1 Å². The van der Waals surface area contributed by atoms with Gasteiger partial charge in [0.05, 0.1) is 6.10 Å². The summed E-state index contributed by atoms with van der Waals surface area (Å²) in [7, 11) is 0. The molecule has 0 saturated carbocycles. The van der Waals surface area contributed by atoms with Crippen molar-refractivity contribution in [2.75, 3.05) is 0 Å². The van der Waals surface area contributed by atoms with Crippen molar-refractivity contribution >= 4 is 11.3 Å². The second-order valence-electron chi connectivity index (χ2n) is 8.69. The number of aliphatic hydroxyl groups is 3. The van der Waals surface area contributed by atoms with Crippen LogP contribution in [0.1, 0.15) is 34.9 Å². The second-order valence-corrected chi connectivity index (χ2v) is 9.86. The standard InChI is InChI=1S/C25H24F2O4S/c1-13-22(28)23(29)24(30)25(31-13)9-8-15-12-20(27)16(11-19(15)25)10-18-6-7-21(32-18)14-2-4-17(26)5-3-14/h2-7,11-13,22-24,28-30H,8-10H2,1H3/t13-,22-,23+,24-,25+/m1/s1. The fourth-order valence-electron chi connectivity index (χ4n) is 4.92. The Morgan fingerprint density at radius 1 is 1.03 bits per heavy atom. The van der Waals surface area contributed by atoms with Crippen molar-refractivity contribution in [3.63, 3.8) is 0 Å². The van der Waals surface area contributed by atoms with Crippen molar-refractivity contribution < 1.29 is 28.8 Å². The third-order valence-corrected chi connectivity index (χ3v) is 7.81. The highest BCUT2D eigenvalue weighted by molar-refractivity contribution is 7.15. The van der Waals surface area contributed by atoms with Crippen LogP contribution in [0.5, 0.6) is 0 Å². The van der Waals surface area contributed by atoms with Gasteiger partial charge in [-0.25, -0.2) is 8.78 Å². The molecule has 0 amide bonds. The van der Waals surface area contributed by atoms with Crippen LogP contribution in [0.4, 0.5) is 8.78 Å². The van der Waals surface area contributed by atoms with Gasteiger partial charge in [0.25, 0.3) is 0 Å². The Morgan fingerprint density at radius 2 is 1.78 bits per heavy atom. The quantitative estimate of drug-likeness (QED) is 0.556. The molecule has 1 spiro atoms. The summed E-state index contributed by atoms with van der Waals surface area (Å²) >= 11 is 1.51. The fourth-order valence-corrected chi connectivity index (χ4v) is 5.96. The number of aliphatic hydroxyl groups excluding tert-OH is 3. The predicted octanol–water partition coefficient (Wildman–Crippen LogP) is 3.93. The molecule has 0 radical (unpaired) electrons. The van der Waals surface area contributed by atoms with E-state index in [1.165, 1.54) is 29.5 Å². The van der Waals surface area contributed by atoms with Gasteiger partial charge in [0.1, 0.15) is 35.5 Å². The van der Waals surface area contributed by atoms with Crippen molar-refractivity contribution in [3.8, 4) is 10.4 Å². The summed E-state index contributed by atoms with van der Waals surface area (Å²) in [5, 5.41) is 31.3. The average Bonchev–Trinajstić information content (AvgIpc) is 3.37. The zero-order valence-corrected chi connectivity index (χ0v) is 18.3. The van der Waals surface area contributed by atoms with Gasteiger partial charge in [0.15, 0.2) is 0 Å². The maximum Gasteiger partial charge on any atom is 0.127 e. The first-order chi connectivity index (χ1) is 15.3. The SMILES string of the molecule is C[C@H]1O[C@]2(CCc3cc(F)c(Cc4ccc(-c5ccc(F)cc5)s4)cc32)[C@H](O)[C@@H](O)[C@@H]1O. The lowest BCUT2D eigenvalue weighted by Gasteiger charge is -2.47. The fraction of sp³-hybridized carbons (Fsp3) is 0.360. The number of benzene rings is 2. The summed E-state index contributed by atoms with van der Waals surface area (Å²) in [6.07, 6.45) is -3.20. The van der Waals surface area contributed by atoms with Crippen LogP contribution < -0.4 is 0 Å². The third kappa shape index (κ3) is 3.49. The Kier molecular flexibility index (Phi) is 5.42. The average molecular weight is 459 g/mol. The van der Waals surface area contributed by atoms with Gasteiger partial charge in [-0.15, -0.1) is 11.3 Å². The minimum absolute atomic E-state index is 0.293. The number of halogens is 2. The first-order valence-corrected chi connectivity index (χ1v) is 11.5. The molecule has 168 valence electrons. The lowest BCUT2D eigenvalue weighted by molar-refractivity contribution is -0.268. The van der Waals surface area contributed by atoms with E-state index in [-0.39, 0.29) is 11.6 Å². The van der Waals surface area contributed by atoms with E-state index < -0.39 is 30.0 Å². The van der Waals surface area contributed by atoms with E-state index in [0.29, 0.717) is 30.4 Å². The smallest absolute Gasteiger partial charge is 0.127 e. The molecule has 5 atom stereocenters. The van der Waals surface area contributed by atoms with Crippen molar-refractivity contribution in [1.29, 1.82) is 0 Å². The number of hydrogen-bond donors (Lipinski definition) is 3. The zero-order chi connectivity index (χ0) is 22.6. The Balaban J connectivity index is 1.46. The summed E-state index contributed by atoms with van der Waals surface area (Å²) in [4.78, 5) is 1.92. The van der Waals surface area contributed by atoms with Crippen molar-refractivity contribution in [2.24, 2.45) is 0 Å². The number of thiophene rings is 1. The first kappa shape index (κ1) is 21.7. The Bertz CT molecular complexity index is 1150. The van der Waals surface area contributed by atoms with Gasteiger partial charge in [-0.2, -0.15) is 0 Å². The second kappa shape index (κ2) is 8.01. The van der Waals surface area contributed by atoms with Crippen LogP contribution >= 0.6 is 11.3 Å². The molecule has 1 aliphatic heterocycles. The molecule has 1 aromatic heterocycles. The molecule has 1 saturated heterocycles. The molecule has 5 rings (SSSR count). The van der Waals surface area contributed by atoms with E-state index in [0.717, 1.165) is 20.9 Å². The molecule has 4 nitrogen and oxygen atoms in total. The Hall–Kier alpha value is -2.16. The number of fused-ring (bicyclic) bond motifs is 2. The molecule has 3 N–H and O–H groups in total. The molecule has 7 heteroatoms. The number of ether oxygens (including phenoxy) is 1. The molecule has 32 heavy (non-hydrogen) atoms. The van der Waals surface area contributed by atoms with E-state index in [4.69, 9.17) is 4.74 Å². The monoisotopic (exact) mass is 458 g/mol. The molecule has 2 aromatic carbocycles. The number of rotatable bonds is 3. The van der Waals surface area contributed by atoms with Crippen molar-refractivity contribution in [2.45, 2.75) is 56.2 Å². The summed E-state index contributed by atoms with van der Waals surface area (Å²) in [5.41, 5.74) is 1.64. The van der Waals surface area contributed by atoms with Gasteiger partial charge in [-0.3, -0.25) is 0 Å². The molecule has 3 aromatic rings. The van der Waals surface area contributed by atoms with Crippen LogP contribution in [-0.4, -0.2) is 39.7 Å². The molecule has 1 fully saturated rings. The maximum atomic E-state index is 14.9. The highest BCUT2D eigenvalue weighted by atomic mass is 32.1. The van der Waals surface area contributed by atoms with Gasteiger partial charge in [-0.05, 0) is 78.4 Å². The van der Waals surface area contributed by atoms with E-state index in [1.54, 1.807) is 25.1 Å². The summed E-state index contributed by atoms with van der Waals surface area (Å²) in [6.45, 7) is 1.66. The topological polar surface area (TPSA) is 69.9 Å². The number of hydrogen-bond acceptors (Lipinski definition) is 5. The summed E-state index contributed by atoms with van der Waals surface area (Å²) in [6, 6.07) is 13.3. The molecule has 0 unspecified atom stereocenters. The largest absolute Gasteiger partial charge is 0.388 e. The van der Waals surface area contributed by atoms with E-state index >= 15 is 0 Å².